The molecule has 0 radical (unpaired) electrons. The Morgan fingerprint density at radius 1 is 1.39 bits per heavy atom. The van der Waals surface area contributed by atoms with E-state index in [2.05, 4.69) is 21.2 Å². The monoisotopic (exact) mass is 398 g/mol. The number of thiocarbonyl (C=S) groups is 1. The van der Waals surface area contributed by atoms with Crippen LogP contribution >= 0.6 is 28.1 Å². The third-order valence-electron chi connectivity index (χ3n) is 3.71. The highest BCUT2D eigenvalue weighted by atomic mass is 79.9. The van der Waals surface area contributed by atoms with Gasteiger partial charge in [0, 0.05) is 24.3 Å². The Balaban J connectivity index is 2.40. The van der Waals surface area contributed by atoms with Gasteiger partial charge in [-0.15, -0.1) is 0 Å². The fraction of sp³-hybridized carbons (Fsp3) is 0.375. The Kier molecular flexibility index (Phi) is 6.15. The van der Waals surface area contributed by atoms with Crippen LogP contribution in [-0.4, -0.2) is 43.4 Å². The molecule has 23 heavy (non-hydrogen) atoms. The summed E-state index contributed by atoms with van der Waals surface area (Å²) in [5.74, 6) is -0.373. The van der Waals surface area contributed by atoms with Crippen molar-refractivity contribution in [1.29, 1.82) is 0 Å². The van der Waals surface area contributed by atoms with E-state index >= 15 is 0 Å². The molecule has 7 heteroatoms. The van der Waals surface area contributed by atoms with Crippen molar-refractivity contribution in [3.63, 3.8) is 0 Å². The molecule has 0 aromatic heterocycles. The zero-order valence-corrected chi connectivity index (χ0v) is 15.7. The SMILES string of the molecule is COCCOC(=O)C1=C(C)N(C)C(=S)N[C@@H]1c1ccccc1Br. The number of nitrogens with one attached hydrogen (secondary N) is 1. The molecule has 0 fully saturated rings. The fourth-order valence-electron chi connectivity index (χ4n) is 2.34. The molecule has 0 saturated heterocycles. The predicted octanol–water partition coefficient (Wildman–Crippen LogP) is 2.77. The zero-order valence-electron chi connectivity index (χ0n) is 13.3. The van der Waals surface area contributed by atoms with E-state index in [4.69, 9.17) is 21.7 Å². The van der Waals surface area contributed by atoms with Crippen LogP contribution in [0.2, 0.25) is 0 Å². The molecular weight excluding hydrogens is 380 g/mol. The third-order valence-corrected chi connectivity index (χ3v) is 4.82. The Bertz CT molecular complexity index is 648. The second-order valence-corrected chi connectivity index (χ2v) is 6.33. The zero-order chi connectivity index (χ0) is 17.0. The number of hydrogen-bond donors (Lipinski definition) is 1. The highest BCUT2D eigenvalue weighted by Gasteiger charge is 2.34. The average molecular weight is 399 g/mol. The quantitative estimate of drug-likeness (QED) is 0.467. The Morgan fingerprint density at radius 3 is 2.74 bits per heavy atom. The molecular formula is C16H19BrN2O3S. The van der Waals surface area contributed by atoms with Crippen LogP contribution in [0.1, 0.15) is 18.5 Å². The number of benzene rings is 1. The largest absolute Gasteiger partial charge is 0.460 e. The molecule has 1 heterocycles. The van der Waals surface area contributed by atoms with Gasteiger partial charge in [-0.1, -0.05) is 34.1 Å². The molecule has 1 N–H and O–H groups in total. The summed E-state index contributed by atoms with van der Waals surface area (Å²) in [6.45, 7) is 2.44. The van der Waals surface area contributed by atoms with E-state index in [-0.39, 0.29) is 18.6 Å². The standard InChI is InChI=1S/C16H19BrN2O3S/c1-10-13(15(20)22-9-8-21-3)14(18-16(23)19(10)2)11-6-4-5-7-12(11)17/h4-7,14H,8-9H2,1-3H3,(H,18,23)/t14-/m1/s1. The summed E-state index contributed by atoms with van der Waals surface area (Å²) in [7, 11) is 3.39. The second kappa shape index (κ2) is 7.90. The first-order valence-electron chi connectivity index (χ1n) is 7.12. The van der Waals surface area contributed by atoms with E-state index in [1.807, 2.05) is 38.2 Å². The minimum absolute atomic E-state index is 0.211. The average Bonchev–Trinajstić information content (AvgIpc) is 2.53. The van der Waals surface area contributed by atoms with Crippen LogP contribution in [0.4, 0.5) is 0 Å². The molecule has 0 aliphatic carbocycles. The molecule has 0 spiro atoms. The van der Waals surface area contributed by atoms with Gasteiger partial charge in [0.15, 0.2) is 5.11 Å². The van der Waals surface area contributed by atoms with Crippen LogP contribution < -0.4 is 5.32 Å². The minimum atomic E-state index is -0.373. The van der Waals surface area contributed by atoms with Gasteiger partial charge in [0.1, 0.15) is 6.61 Å². The predicted molar refractivity (Wildman–Crippen MR) is 95.9 cm³/mol. The van der Waals surface area contributed by atoms with E-state index < -0.39 is 0 Å². The second-order valence-electron chi connectivity index (χ2n) is 5.09. The van der Waals surface area contributed by atoms with E-state index in [0.717, 1.165) is 15.7 Å². The van der Waals surface area contributed by atoms with Crippen molar-refractivity contribution in [3.05, 3.63) is 45.6 Å². The maximum atomic E-state index is 12.6. The molecule has 1 aromatic carbocycles. The summed E-state index contributed by atoms with van der Waals surface area (Å²) in [5.41, 5.74) is 2.25. The number of carbonyl (C=O) groups is 1. The number of methoxy groups -OCH3 is 1. The number of allylic oxidation sites excluding steroid dienone is 1. The molecule has 0 unspecified atom stereocenters. The van der Waals surface area contributed by atoms with Crippen LogP contribution in [0.25, 0.3) is 0 Å². The Morgan fingerprint density at radius 2 is 2.09 bits per heavy atom. The molecule has 1 atom stereocenters. The van der Waals surface area contributed by atoms with Crippen molar-refractivity contribution in [1.82, 2.24) is 10.2 Å². The summed E-state index contributed by atoms with van der Waals surface area (Å²) in [5, 5.41) is 3.78. The molecule has 1 aliphatic heterocycles. The first kappa shape index (κ1) is 17.9. The molecule has 1 aromatic rings. The summed E-state index contributed by atoms with van der Waals surface area (Å²) in [6, 6.07) is 7.37. The van der Waals surface area contributed by atoms with Crippen molar-refractivity contribution in [3.8, 4) is 0 Å². The number of carbonyl (C=O) groups excluding carboxylic acids is 1. The minimum Gasteiger partial charge on any atom is -0.460 e. The van der Waals surface area contributed by atoms with Gasteiger partial charge in [-0.2, -0.15) is 0 Å². The highest BCUT2D eigenvalue weighted by molar-refractivity contribution is 9.10. The van der Waals surface area contributed by atoms with Crippen LogP contribution in [0.15, 0.2) is 40.0 Å². The molecule has 1 aliphatic rings. The molecule has 2 rings (SSSR count). The first-order valence-corrected chi connectivity index (χ1v) is 8.33. The Hall–Kier alpha value is -1.44. The maximum absolute atomic E-state index is 12.6. The van der Waals surface area contributed by atoms with Crippen molar-refractivity contribution in [2.45, 2.75) is 13.0 Å². The summed E-state index contributed by atoms with van der Waals surface area (Å²) >= 11 is 8.90. The van der Waals surface area contributed by atoms with Gasteiger partial charge in [-0.25, -0.2) is 4.79 Å². The van der Waals surface area contributed by atoms with Crippen LogP contribution in [0, 0.1) is 0 Å². The lowest BCUT2D eigenvalue weighted by Gasteiger charge is -2.35. The van der Waals surface area contributed by atoms with Crippen molar-refractivity contribution < 1.29 is 14.3 Å². The maximum Gasteiger partial charge on any atom is 0.338 e. The van der Waals surface area contributed by atoms with Crippen LogP contribution in [0.5, 0.6) is 0 Å². The lowest BCUT2D eigenvalue weighted by molar-refractivity contribution is -0.140. The highest BCUT2D eigenvalue weighted by Crippen LogP contribution is 2.34. The lowest BCUT2D eigenvalue weighted by atomic mass is 9.95. The van der Waals surface area contributed by atoms with Gasteiger partial charge in [-0.05, 0) is 30.8 Å². The van der Waals surface area contributed by atoms with E-state index in [1.165, 1.54) is 0 Å². The smallest absolute Gasteiger partial charge is 0.338 e. The van der Waals surface area contributed by atoms with Crippen molar-refractivity contribution >= 4 is 39.2 Å². The number of rotatable bonds is 5. The van der Waals surface area contributed by atoms with Gasteiger partial charge < -0.3 is 19.7 Å². The summed E-state index contributed by atoms with van der Waals surface area (Å²) < 4.78 is 11.2. The number of esters is 1. The van der Waals surface area contributed by atoms with Gasteiger partial charge >= 0.3 is 5.97 Å². The fourth-order valence-corrected chi connectivity index (χ4v) is 3.11. The van der Waals surface area contributed by atoms with Gasteiger partial charge in [0.25, 0.3) is 0 Å². The van der Waals surface area contributed by atoms with E-state index in [9.17, 15) is 4.79 Å². The van der Waals surface area contributed by atoms with Crippen LogP contribution in [0.3, 0.4) is 0 Å². The molecule has 124 valence electrons. The number of halogens is 1. The Labute approximate surface area is 149 Å². The summed E-state index contributed by atoms with van der Waals surface area (Å²) in [6.07, 6.45) is 0. The lowest BCUT2D eigenvalue weighted by Crippen LogP contribution is -2.46. The normalized spacial score (nSPS) is 18.0. The number of nitrogens with zero attached hydrogens (tertiary/aromatic N) is 1. The van der Waals surface area contributed by atoms with E-state index in [1.54, 1.807) is 12.0 Å². The molecule has 5 nitrogen and oxygen atoms in total. The molecule has 0 amide bonds. The number of hydrogen-bond acceptors (Lipinski definition) is 4. The van der Waals surface area contributed by atoms with Crippen molar-refractivity contribution in [2.24, 2.45) is 0 Å². The first-order chi connectivity index (χ1) is 11.0. The molecule has 0 bridgehead atoms. The van der Waals surface area contributed by atoms with Gasteiger partial charge in [-0.3, -0.25) is 0 Å². The molecule has 0 saturated carbocycles. The van der Waals surface area contributed by atoms with Crippen LogP contribution in [-0.2, 0) is 14.3 Å². The topological polar surface area (TPSA) is 50.8 Å². The summed E-state index contributed by atoms with van der Waals surface area (Å²) in [4.78, 5) is 14.3. The third kappa shape index (κ3) is 3.91. The van der Waals surface area contributed by atoms with Gasteiger partial charge in [0.2, 0.25) is 0 Å². The van der Waals surface area contributed by atoms with Crippen molar-refractivity contribution in [2.75, 3.05) is 27.4 Å². The number of ether oxygens (including phenoxy) is 2. The van der Waals surface area contributed by atoms with E-state index in [0.29, 0.717) is 17.3 Å². The van der Waals surface area contributed by atoms with Gasteiger partial charge in [0.05, 0.1) is 18.2 Å².